The van der Waals surface area contributed by atoms with Crippen LogP contribution in [-0.4, -0.2) is 65.8 Å². The first-order chi connectivity index (χ1) is 13.4. The number of fused-ring (bicyclic) bond motifs is 1. The Morgan fingerprint density at radius 3 is 2.38 bits per heavy atom. The Balaban J connectivity index is 2.18. The third-order valence-electron chi connectivity index (χ3n) is 4.73. The van der Waals surface area contributed by atoms with Gasteiger partial charge in [-0.15, -0.1) is 11.3 Å². The van der Waals surface area contributed by atoms with E-state index >= 15 is 0 Å². The van der Waals surface area contributed by atoms with Crippen LogP contribution in [0, 0.1) is 6.92 Å². The smallest absolute Gasteiger partial charge is 0.348 e. The molecule has 29 heavy (non-hydrogen) atoms. The van der Waals surface area contributed by atoms with Crippen LogP contribution in [0.4, 0.5) is 5.82 Å². The summed E-state index contributed by atoms with van der Waals surface area (Å²) in [6, 6.07) is 0. The monoisotopic (exact) mass is 420 g/mol. The Hall–Kier alpha value is -1.77. The fourth-order valence-electron chi connectivity index (χ4n) is 4.07. The molecule has 2 aromatic rings. The summed E-state index contributed by atoms with van der Waals surface area (Å²) in [6.07, 6.45) is 0. The number of ether oxygens (including phenoxy) is 2. The summed E-state index contributed by atoms with van der Waals surface area (Å²) in [7, 11) is 4.00. The fourth-order valence-corrected chi connectivity index (χ4v) is 5.16. The van der Waals surface area contributed by atoms with Crippen LogP contribution in [-0.2, 0) is 16.0 Å². The highest BCUT2D eigenvalue weighted by Gasteiger charge is 2.39. The third kappa shape index (κ3) is 4.70. The van der Waals surface area contributed by atoms with Crippen molar-refractivity contribution >= 4 is 33.3 Å². The lowest BCUT2D eigenvalue weighted by Gasteiger charge is -2.47. The van der Waals surface area contributed by atoms with E-state index in [1.54, 1.807) is 0 Å². The molecule has 0 amide bonds. The fraction of sp³-hybridized carbons (Fsp3) is 0.667. The van der Waals surface area contributed by atoms with E-state index in [4.69, 9.17) is 19.4 Å². The number of esters is 1. The largest absolute Gasteiger partial charge is 0.462 e. The lowest BCUT2D eigenvalue weighted by atomic mass is 9.98. The van der Waals surface area contributed by atoms with Crippen LogP contribution in [0.5, 0.6) is 0 Å². The number of aromatic nitrogens is 2. The maximum Gasteiger partial charge on any atom is 0.348 e. The number of carbonyl (C=O) groups excluding carboxylic acids is 1. The Morgan fingerprint density at radius 1 is 1.21 bits per heavy atom. The van der Waals surface area contributed by atoms with Gasteiger partial charge >= 0.3 is 5.97 Å². The van der Waals surface area contributed by atoms with Gasteiger partial charge < -0.3 is 19.3 Å². The Labute approximate surface area is 177 Å². The zero-order chi connectivity index (χ0) is 21.6. The van der Waals surface area contributed by atoms with E-state index in [1.165, 1.54) is 11.3 Å². The van der Waals surface area contributed by atoms with Crippen LogP contribution in [0.1, 0.15) is 55.7 Å². The molecule has 3 rings (SSSR count). The summed E-state index contributed by atoms with van der Waals surface area (Å²) in [6.45, 7) is 14.6. The highest BCUT2D eigenvalue weighted by Crippen LogP contribution is 2.39. The number of carbonyl (C=O) groups is 1. The van der Waals surface area contributed by atoms with Crippen LogP contribution in [0.2, 0.25) is 0 Å². The molecule has 0 radical (unpaired) electrons. The van der Waals surface area contributed by atoms with E-state index in [9.17, 15) is 4.79 Å². The van der Waals surface area contributed by atoms with Gasteiger partial charge in [0.15, 0.2) is 0 Å². The molecular weight excluding hydrogens is 388 g/mol. The molecule has 7 nitrogen and oxygen atoms in total. The summed E-state index contributed by atoms with van der Waals surface area (Å²) >= 11 is 1.39. The Bertz CT molecular complexity index is 904. The number of anilines is 1. The van der Waals surface area contributed by atoms with Gasteiger partial charge in [-0.05, 0) is 61.2 Å². The number of thiophene rings is 1. The van der Waals surface area contributed by atoms with E-state index < -0.39 is 0 Å². The van der Waals surface area contributed by atoms with E-state index in [0.717, 1.165) is 27.4 Å². The summed E-state index contributed by atoms with van der Waals surface area (Å²) in [5.74, 6) is 1.33. The van der Waals surface area contributed by atoms with Crippen LogP contribution in [0.3, 0.4) is 0 Å². The lowest BCUT2D eigenvalue weighted by molar-refractivity contribution is -0.133. The lowest BCUT2D eigenvalue weighted by Crippen LogP contribution is -2.57. The number of hydrogen-bond acceptors (Lipinski definition) is 8. The maximum absolute atomic E-state index is 12.5. The third-order valence-corrected chi connectivity index (χ3v) is 5.90. The molecule has 0 saturated carbocycles. The minimum Gasteiger partial charge on any atom is -0.462 e. The minimum atomic E-state index is -0.311. The second kappa shape index (κ2) is 7.81. The van der Waals surface area contributed by atoms with Crippen molar-refractivity contribution in [2.75, 3.05) is 38.7 Å². The van der Waals surface area contributed by atoms with Crippen molar-refractivity contribution in [3.05, 3.63) is 16.3 Å². The van der Waals surface area contributed by atoms with Crippen molar-refractivity contribution in [3.63, 3.8) is 0 Å². The summed E-state index contributed by atoms with van der Waals surface area (Å²) in [5.41, 5.74) is 0.264. The van der Waals surface area contributed by atoms with Crippen LogP contribution < -0.4 is 4.90 Å². The Kier molecular flexibility index (Phi) is 5.91. The summed E-state index contributed by atoms with van der Waals surface area (Å²) < 4.78 is 11.5. The normalized spacial score (nSPS) is 18.4. The van der Waals surface area contributed by atoms with Gasteiger partial charge in [-0.3, -0.25) is 0 Å². The van der Waals surface area contributed by atoms with Gasteiger partial charge in [0.2, 0.25) is 0 Å². The molecule has 0 unspecified atom stereocenters. The van der Waals surface area contributed by atoms with Gasteiger partial charge in [-0.2, -0.15) is 0 Å². The van der Waals surface area contributed by atoms with Crippen LogP contribution in [0.15, 0.2) is 0 Å². The minimum absolute atomic E-state index is 0.296. The molecule has 0 atom stereocenters. The van der Waals surface area contributed by atoms with Crippen LogP contribution >= 0.6 is 11.3 Å². The SMILES string of the molecule is CCOC(=O)c1sc2nc(CN(C)C)nc(N3CC(C)(C)OC(C)(C)C3)c2c1C. The molecular formula is C21H32N4O3S. The Morgan fingerprint density at radius 2 is 1.83 bits per heavy atom. The number of rotatable bonds is 5. The molecule has 0 aromatic carbocycles. The molecule has 0 spiro atoms. The van der Waals surface area contributed by atoms with Crippen molar-refractivity contribution in [1.82, 2.24) is 14.9 Å². The molecule has 2 aromatic heterocycles. The van der Waals surface area contributed by atoms with E-state index in [-0.39, 0.29) is 17.2 Å². The zero-order valence-corrected chi connectivity index (χ0v) is 19.6. The van der Waals surface area contributed by atoms with Gasteiger partial charge in [0.05, 0.1) is 29.7 Å². The van der Waals surface area contributed by atoms with Gasteiger partial charge in [0, 0.05) is 13.1 Å². The van der Waals surface area contributed by atoms with Gasteiger partial charge in [-0.1, -0.05) is 0 Å². The van der Waals surface area contributed by atoms with Crippen molar-refractivity contribution in [2.24, 2.45) is 0 Å². The van der Waals surface area contributed by atoms with Crippen molar-refractivity contribution in [2.45, 2.75) is 59.3 Å². The first kappa shape index (κ1) is 21.9. The van der Waals surface area contributed by atoms with Gasteiger partial charge in [0.25, 0.3) is 0 Å². The molecule has 0 bridgehead atoms. The predicted molar refractivity (Wildman–Crippen MR) is 117 cm³/mol. The summed E-state index contributed by atoms with van der Waals surface area (Å²) in [4.78, 5) is 28.0. The molecule has 8 heteroatoms. The molecule has 1 saturated heterocycles. The average Bonchev–Trinajstić information content (AvgIpc) is 2.88. The highest BCUT2D eigenvalue weighted by molar-refractivity contribution is 7.20. The number of aryl methyl sites for hydroxylation is 1. The average molecular weight is 421 g/mol. The molecule has 3 heterocycles. The van der Waals surface area contributed by atoms with Gasteiger partial charge in [-0.25, -0.2) is 14.8 Å². The van der Waals surface area contributed by atoms with Crippen molar-refractivity contribution in [3.8, 4) is 0 Å². The molecule has 1 aliphatic heterocycles. The first-order valence-electron chi connectivity index (χ1n) is 9.99. The van der Waals surface area contributed by atoms with Crippen molar-refractivity contribution < 1.29 is 14.3 Å². The van der Waals surface area contributed by atoms with E-state index in [1.807, 2.05) is 32.8 Å². The maximum atomic E-state index is 12.5. The topological polar surface area (TPSA) is 67.8 Å². The second-order valence-electron chi connectivity index (χ2n) is 9.14. The van der Waals surface area contributed by atoms with E-state index in [0.29, 0.717) is 31.1 Å². The molecule has 1 fully saturated rings. The van der Waals surface area contributed by atoms with E-state index in [2.05, 4.69) is 32.6 Å². The van der Waals surface area contributed by atoms with Crippen LogP contribution in [0.25, 0.3) is 10.2 Å². The molecule has 0 N–H and O–H groups in total. The number of hydrogen-bond donors (Lipinski definition) is 0. The molecule has 0 aliphatic carbocycles. The van der Waals surface area contributed by atoms with Crippen molar-refractivity contribution in [1.29, 1.82) is 0 Å². The standard InChI is InChI=1S/C21H32N4O3S/c1-9-27-19(26)16-13(2)15-17(22-14(10-24(7)8)23-18(15)29-16)25-11-20(3,4)28-21(5,6)12-25/h9-12H2,1-8H3. The summed E-state index contributed by atoms with van der Waals surface area (Å²) in [5, 5.41) is 0.939. The molecule has 1 aliphatic rings. The quantitative estimate of drug-likeness (QED) is 0.684. The number of nitrogens with zero attached hydrogens (tertiary/aromatic N) is 4. The number of morpholine rings is 1. The second-order valence-corrected chi connectivity index (χ2v) is 10.1. The van der Waals surface area contributed by atoms with Gasteiger partial charge in [0.1, 0.15) is 21.3 Å². The zero-order valence-electron chi connectivity index (χ0n) is 18.8. The highest BCUT2D eigenvalue weighted by atomic mass is 32.1. The predicted octanol–water partition coefficient (Wildman–Crippen LogP) is 3.63. The molecule has 160 valence electrons. The first-order valence-corrected chi connectivity index (χ1v) is 10.8.